The maximum Gasteiger partial charge on any atom is 0.224 e. The van der Waals surface area contributed by atoms with Crippen LogP contribution in [0.1, 0.15) is 11.1 Å². The van der Waals surface area contributed by atoms with Gasteiger partial charge >= 0.3 is 0 Å². The van der Waals surface area contributed by atoms with Crippen molar-refractivity contribution in [1.29, 1.82) is 0 Å². The van der Waals surface area contributed by atoms with Crippen LogP contribution in [0.2, 0.25) is 0 Å². The SMILES string of the molecule is NN/C(F)=C(\N)c1ccnc(-c2cn(CCc3cccc4ccccc34)cn2)c1. The number of hydrazine groups is 1. The zero-order chi connectivity index (χ0) is 20.2. The smallest absolute Gasteiger partial charge is 0.224 e. The van der Waals surface area contributed by atoms with Crippen LogP contribution in [-0.4, -0.2) is 14.5 Å². The van der Waals surface area contributed by atoms with Gasteiger partial charge in [-0.1, -0.05) is 42.5 Å². The molecule has 2 heterocycles. The lowest BCUT2D eigenvalue weighted by Crippen LogP contribution is -2.21. The number of hydrogen-bond donors (Lipinski definition) is 3. The molecule has 0 spiro atoms. The number of benzene rings is 2. The van der Waals surface area contributed by atoms with E-state index in [4.69, 9.17) is 11.6 Å². The van der Waals surface area contributed by atoms with E-state index in [1.165, 1.54) is 16.3 Å². The molecule has 0 fully saturated rings. The van der Waals surface area contributed by atoms with E-state index in [2.05, 4.69) is 46.4 Å². The molecule has 0 unspecified atom stereocenters. The van der Waals surface area contributed by atoms with Gasteiger partial charge in [0.15, 0.2) is 0 Å². The number of nitrogens with one attached hydrogen (secondary N) is 1. The number of aryl methyl sites for hydroxylation is 2. The highest BCUT2D eigenvalue weighted by atomic mass is 19.1. The van der Waals surface area contributed by atoms with E-state index >= 15 is 0 Å². The van der Waals surface area contributed by atoms with Crippen LogP contribution >= 0.6 is 0 Å². The molecule has 2 aromatic heterocycles. The Morgan fingerprint density at radius 3 is 2.72 bits per heavy atom. The number of hydrogen-bond acceptors (Lipinski definition) is 5. The molecule has 6 nitrogen and oxygen atoms in total. The quantitative estimate of drug-likeness (QED) is 0.267. The van der Waals surface area contributed by atoms with Gasteiger partial charge in [-0.05, 0) is 34.9 Å². The molecule has 0 aliphatic carbocycles. The summed E-state index contributed by atoms with van der Waals surface area (Å²) in [7, 11) is 0. The molecule has 7 heteroatoms. The van der Waals surface area contributed by atoms with E-state index in [0.717, 1.165) is 13.0 Å². The number of nitrogens with zero attached hydrogens (tertiary/aromatic N) is 3. The standard InChI is InChI=1S/C22H21FN6/c23-22(28-25)21(24)17-8-10-26-19(12-17)20-13-29(14-27-20)11-9-16-6-3-5-15-4-1-2-7-18(15)16/h1-8,10,12-14,28H,9,11,24-25H2/b22-21-. The number of nitrogens with two attached hydrogens (primary N) is 2. The molecule has 4 aromatic rings. The molecule has 2 aromatic carbocycles. The fourth-order valence-electron chi connectivity index (χ4n) is 3.32. The van der Waals surface area contributed by atoms with Gasteiger partial charge in [0.25, 0.3) is 0 Å². The molecule has 0 aliphatic rings. The van der Waals surface area contributed by atoms with Gasteiger partial charge in [-0.25, -0.2) is 10.8 Å². The predicted octanol–water partition coefficient (Wildman–Crippen LogP) is 3.36. The van der Waals surface area contributed by atoms with Crippen molar-refractivity contribution in [1.82, 2.24) is 20.0 Å². The van der Waals surface area contributed by atoms with Crippen LogP contribution in [0.3, 0.4) is 0 Å². The molecule has 0 radical (unpaired) electrons. The summed E-state index contributed by atoms with van der Waals surface area (Å²) < 4.78 is 15.6. The molecule has 0 aliphatic heterocycles. The van der Waals surface area contributed by atoms with Crippen LogP contribution in [0, 0.1) is 0 Å². The zero-order valence-electron chi connectivity index (χ0n) is 15.7. The van der Waals surface area contributed by atoms with Crippen molar-refractivity contribution < 1.29 is 4.39 Å². The van der Waals surface area contributed by atoms with Gasteiger partial charge in [0.1, 0.15) is 5.69 Å². The highest BCUT2D eigenvalue weighted by molar-refractivity contribution is 5.85. The van der Waals surface area contributed by atoms with Gasteiger partial charge in [-0.15, -0.1) is 0 Å². The predicted molar refractivity (Wildman–Crippen MR) is 113 cm³/mol. The van der Waals surface area contributed by atoms with Crippen molar-refractivity contribution in [3.8, 4) is 11.4 Å². The summed E-state index contributed by atoms with van der Waals surface area (Å²) in [6.45, 7) is 0.786. The van der Waals surface area contributed by atoms with Gasteiger partial charge in [0, 0.05) is 24.5 Å². The first-order chi connectivity index (χ1) is 14.2. The van der Waals surface area contributed by atoms with Gasteiger partial charge in [0.05, 0.1) is 17.7 Å². The molecule has 0 saturated heterocycles. The molecule has 0 bridgehead atoms. The van der Waals surface area contributed by atoms with Crippen LogP contribution in [0.4, 0.5) is 4.39 Å². The highest BCUT2D eigenvalue weighted by Gasteiger charge is 2.09. The van der Waals surface area contributed by atoms with E-state index < -0.39 is 5.95 Å². The molecule has 29 heavy (non-hydrogen) atoms. The van der Waals surface area contributed by atoms with Crippen molar-refractivity contribution in [3.05, 3.63) is 90.4 Å². The number of rotatable bonds is 6. The summed E-state index contributed by atoms with van der Waals surface area (Å²) in [6, 6.07) is 18.0. The van der Waals surface area contributed by atoms with Crippen LogP contribution in [0.25, 0.3) is 27.9 Å². The average Bonchev–Trinajstić information content (AvgIpc) is 3.26. The van der Waals surface area contributed by atoms with Gasteiger partial charge in [-0.3, -0.25) is 10.4 Å². The fraction of sp³-hybridized carbons (Fsp3) is 0.0909. The normalized spacial score (nSPS) is 12.1. The van der Waals surface area contributed by atoms with Crippen LogP contribution in [0.5, 0.6) is 0 Å². The van der Waals surface area contributed by atoms with Crippen molar-refractivity contribution in [2.45, 2.75) is 13.0 Å². The first-order valence-corrected chi connectivity index (χ1v) is 9.23. The average molecular weight is 388 g/mol. The number of fused-ring (bicyclic) bond motifs is 1. The fourth-order valence-corrected chi connectivity index (χ4v) is 3.32. The third-order valence-corrected chi connectivity index (χ3v) is 4.85. The zero-order valence-corrected chi connectivity index (χ0v) is 15.7. The molecular formula is C22H21FN6. The lowest BCUT2D eigenvalue weighted by atomic mass is 10.0. The molecular weight excluding hydrogens is 367 g/mol. The Labute approximate surface area is 167 Å². The summed E-state index contributed by atoms with van der Waals surface area (Å²) in [4.78, 5) is 8.76. The van der Waals surface area contributed by atoms with Gasteiger partial charge in [-0.2, -0.15) is 4.39 Å². The lowest BCUT2D eigenvalue weighted by Gasteiger charge is -2.07. The second-order valence-corrected chi connectivity index (χ2v) is 6.69. The summed E-state index contributed by atoms with van der Waals surface area (Å²) in [6.07, 6.45) is 6.15. The Morgan fingerprint density at radius 1 is 1.03 bits per heavy atom. The van der Waals surface area contributed by atoms with Gasteiger partial charge < -0.3 is 10.3 Å². The van der Waals surface area contributed by atoms with Crippen molar-refractivity contribution in [3.63, 3.8) is 0 Å². The minimum Gasteiger partial charge on any atom is -0.395 e. The van der Waals surface area contributed by atoms with E-state index in [0.29, 0.717) is 17.0 Å². The molecule has 146 valence electrons. The second-order valence-electron chi connectivity index (χ2n) is 6.69. The monoisotopic (exact) mass is 388 g/mol. The molecule has 4 rings (SSSR count). The Kier molecular flexibility index (Phi) is 5.22. The third-order valence-electron chi connectivity index (χ3n) is 4.85. The van der Waals surface area contributed by atoms with E-state index in [1.54, 1.807) is 24.7 Å². The molecule has 0 amide bonds. The summed E-state index contributed by atoms with van der Waals surface area (Å²) in [5, 5.41) is 2.50. The maximum atomic E-state index is 13.6. The summed E-state index contributed by atoms with van der Waals surface area (Å²) in [5.41, 5.74) is 10.7. The van der Waals surface area contributed by atoms with Crippen LogP contribution in [-0.2, 0) is 13.0 Å². The van der Waals surface area contributed by atoms with Crippen molar-refractivity contribution >= 4 is 16.5 Å². The topological polar surface area (TPSA) is 94.8 Å². The van der Waals surface area contributed by atoms with Crippen LogP contribution in [0.15, 0.2) is 79.3 Å². The first-order valence-electron chi connectivity index (χ1n) is 9.23. The highest BCUT2D eigenvalue weighted by Crippen LogP contribution is 2.21. The Hall–Kier alpha value is -3.71. The lowest BCUT2D eigenvalue weighted by molar-refractivity contribution is 0.555. The van der Waals surface area contributed by atoms with Crippen molar-refractivity contribution in [2.24, 2.45) is 11.6 Å². The third kappa shape index (κ3) is 3.95. The van der Waals surface area contributed by atoms with E-state index in [9.17, 15) is 4.39 Å². The Bertz CT molecular complexity index is 1180. The van der Waals surface area contributed by atoms with E-state index in [-0.39, 0.29) is 5.70 Å². The second kappa shape index (κ2) is 8.12. The minimum absolute atomic E-state index is 0.0773. The van der Waals surface area contributed by atoms with Gasteiger partial charge in [0.2, 0.25) is 5.95 Å². The number of imidazole rings is 1. The summed E-state index contributed by atoms with van der Waals surface area (Å²) in [5.74, 6) is 4.30. The Morgan fingerprint density at radius 2 is 1.86 bits per heavy atom. The summed E-state index contributed by atoms with van der Waals surface area (Å²) >= 11 is 0. The number of halogens is 1. The number of aromatic nitrogens is 3. The molecule has 0 saturated carbocycles. The largest absolute Gasteiger partial charge is 0.395 e. The molecule has 5 N–H and O–H groups in total. The van der Waals surface area contributed by atoms with Crippen LogP contribution < -0.4 is 17.0 Å². The Balaban J connectivity index is 1.53. The number of pyridine rings is 1. The molecule has 0 atom stereocenters. The first kappa shape index (κ1) is 18.6. The maximum absolute atomic E-state index is 13.6. The van der Waals surface area contributed by atoms with E-state index in [1.807, 2.05) is 22.3 Å². The minimum atomic E-state index is -0.789. The van der Waals surface area contributed by atoms with Crippen molar-refractivity contribution in [2.75, 3.05) is 0 Å².